The number of ether oxygens (including phenoxy) is 1. The van der Waals surface area contributed by atoms with Crippen LogP contribution in [0, 0.1) is 12.7 Å². The molecule has 2 rings (SSSR count). The molecule has 0 saturated heterocycles. The summed E-state index contributed by atoms with van der Waals surface area (Å²) in [5, 5.41) is 2.82. The molecule has 0 aromatic heterocycles. The van der Waals surface area contributed by atoms with E-state index in [0.717, 1.165) is 11.1 Å². The third kappa shape index (κ3) is 4.32. The molecule has 22 heavy (non-hydrogen) atoms. The van der Waals surface area contributed by atoms with Crippen molar-refractivity contribution in [2.75, 3.05) is 0 Å². The van der Waals surface area contributed by atoms with Crippen LogP contribution >= 0.6 is 0 Å². The maximum atomic E-state index is 12.8. The molecule has 0 bridgehead atoms. The predicted octanol–water partition coefficient (Wildman–Crippen LogP) is 3.61. The molecule has 4 heteroatoms. The molecule has 0 radical (unpaired) electrons. The van der Waals surface area contributed by atoms with E-state index in [2.05, 4.69) is 5.32 Å². The van der Waals surface area contributed by atoms with Crippen molar-refractivity contribution in [3.8, 4) is 5.75 Å². The van der Waals surface area contributed by atoms with Crippen LogP contribution in [0.15, 0.2) is 48.5 Å². The second-order valence-electron chi connectivity index (χ2n) is 5.12. The molecule has 1 N–H and O–H groups in total. The lowest BCUT2D eigenvalue weighted by Crippen LogP contribution is -2.37. The summed E-state index contributed by atoms with van der Waals surface area (Å²) in [6, 6.07) is 13.7. The quantitative estimate of drug-likeness (QED) is 0.885. The van der Waals surface area contributed by atoms with E-state index in [-0.39, 0.29) is 11.7 Å². The molecule has 0 spiro atoms. The van der Waals surface area contributed by atoms with Gasteiger partial charge in [0.15, 0.2) is 6.10 Å². The van der Waals surface area contributed by atoms with E-state index in [4.69, 9.17) is 4.74 Å². The van der Waals surface area contributed by atoms with Gasteiger partial charge in [0.2, 0.25) is 0 Å². The van der Waals surface area contributed by atoms with E-state index in [1.54, 1.807) is 12.1 Å². The Hall–Kier alpha value is -2.36. The van der Waals surface area contributed by atoms with Gasteiger partial charge in [-0.2, -0.15) is 0 Å². The van der Waals surface area contributed by atoms with Gasteiger partial charge < -0.3 is 10.1 Å². The zero-order valence-corrected chi connectivity index (χ0v) is 12.8. The first kappa shape index (κ1) is 16.0. The number of amides is 1. The fourth-order valence-corrected chi connectivity index (χ4v) is 2.07. The Morgan fingerprint density at radius 3 is 2.50 bits per heavy atom. The van der Waals surface area contributed by atoms with Gasteiger partial charge in [-0.25, -0.2) is 4.39 Å². The van der Waals surface area contributed by atoms with Crippen LogP contribution in [0.4, 0.5) is 4.39 Å². The van der Waals surface area contributed by atoms with E-state index in [1.807, 2.05) is 38.1 Å². The van der Waals surface area contributed by atoms with Gasteiger partial charge in [0.1, 0.15) is 11.6 Å². The van der Waals surface area contributed by atoms with Crippen LogP contribution in [-0.4, -0.2) is 12.0 Å². The van der Waals surface area contributed by atoms with Gasteiger partial charge in [-0.15, -0.1) is 0 Å². The molecule has 3 nitrogen and oxygen atoms in total. The zero-order chi connectivity index (χ0) is 15.9. The minimum absolute atomic E-state index is 0.171. The Balaban J connectivity index is 1.94. The van der Waals surface area contributed by atoms with E-state index in [9.17, 15) is 9.18 Å². The lowest BCUT2D eigenvalue weighted by Gasteiger charge is -2.18. The van der Waals surface area contributed by atoms with Crippen LogP contribution in [0.2, 0.25) is 0 Å². The molecule has 0 saturated carbocycles. The molecule has 0 aliphatic rings. The Morgan fingerprint density at radius 1 is 1.18 bits per heavy atom. The first-order chi connectivity index (χ1) is 10.6. The van der Waals surface area contributed by atoms with Gasteiger partial charge in [0.05, 0.1) is 0 Å². The van der Waals surface area contributed by atoms with Gasteiger partial charge >= 0.3 is 0 Å². The molecule has 116 valence electrons. The molecule has 2 aromatic carbocycles. The number of rotatable bonds is 6. The van der Waals surface area contributed by atoms with Crippen molar-refractivity contribution < 1.29 is 13.9 Å². The summed E-state index contributed by atoms with van der Waals surface area (Å²) in [5.41, 5.74) is 1.84. The number of benzene rings is 2. The minimum Gasteiger partial charge on any atom is -0.480 e. The smallest absolute Gasteiger partial charge is 0.261 e. The molecule has 0 aliphatic heterocycles. The molecule has 2 aromatic rings. The normalized spacial score (nSPS) is 11.8. The van der Waals surface area contributed by atoms with Crippen molar-refractivity contribution in [1.82, 2.24) is 5.32 Å². The minimum atomic E-state index is -0.540. The monoisotopic (exact) mass is 301 g/mol. The molecule has 0 fully saturated rings. The lowest BCUT2D eigenvalue weighted by molar-refractivity contribution is -0.128. The first-order valence-corrected chi connectivity index (χ1v) is 7.34. The zero-order valence-electron chi connectivity index (χ0n) is 12.8. The summed E-state index contributed by atoms with van der Waals surface area (Å²) in [7, 11) is 0. The van der Waals surface area contributed by atoms with Crippen molar-refractivity contribution in [3.05, 3.63) is 65.5 Å². The Kier molecular flexibility index (Phi) is 5.53. The van der Waals surface area contributed by atoms with E-state index in [1.165, 1.54) is 12.1 Å². The highest BCUT2D eigenvalue weighted by molar-refractivity contribution is 5.81. The highest BCUT2D eigenvalue weighted by atomic mass is 19.1. The summed E-state index contributed by atoms with van der Waals surface area (Å²) in [4.78, 5) is 12.2. The molecule has 1 atom stereocenters. The van der Waals surface area contributed by atoms with Gasteiger partial charge in [-0.3, -0.25) is 4.79 Å². The van der Waals surface area contributed by atoms with Crippen LogP contribution < -0.4 is 10.1 Å². The van der Waals surface area contributed by atoms with Crippen molar-refractivity contribution in [3.63, 3.8) is 0 Å². The van der Waals surface area contributed by atoms with Crippen LogP contribution in [0.1, 0.15) is 24.5 Å². The van der Waals surface area contributed by atoms with E-state index >= 15 is 0 Å². The Labute approximate surface area is 130 Å². The van der Waals surface area contributed by atoms with E-state index in [0.29, 0.717) is 18.7 Å². The second-order valence-corrected chi connectivity index (χ2v) is 5.12. The molecule has 1 amide bonds. The van der Waals surface area contributed by atoms with Gasteiger partial charge in [-0.05, 0) is 42.7 Å². The third-order valence-corrected chi connectivity index (χ3v) is 3.41. The molecule has 0 heterocycles. The summed E-state index contributed by atoms with van der Waals surface area (Å²) in [5.74, 6) is 0.255. The number of aryl methyl sites for hydroxylation is 1. The Bertz CT molecular complexity index is 625. The first-order valence-electron chi connectivity index (χ1n) is 7.34. The van der Waals surface area contributed by atoms with Gasteiger partial charge in [-0.1, -0.05) is 37.3 Å². The van der Waals surface area contributed by atoms with Crippen LogP contribution in [0.3, 0.4) is 0 Å². The van der Waals surface area contributed by atoms with Crippen LogP contribution in [-0.2, 0) is 11.3 Å². The number of carbonyl (C=O) groups excluding carboxylic acids is 1. The predicted molar refractivity (Wildman–Crippen MR) is 84.1 cm³/mol. The number of carbonyl (C=O) groups is 1. The SMILES string of the molecule is CC[C@@H](Oc1ccccc1C)C(=O)NCc1ccc(F)cc1. The number of halogens is 1. The van der Waals surface area contributed by atoms with Crippen molar-refractivity contribution in [2.24, 2.45) is 0 Å². The highest BCUT2D eigenvalue weighted by Gasteiger charge is 2.18. The topological polar surface area (TPSA) is 38.3 Å². The van der Waals surface area contributed by atoms with Crippen molar-refractivity contribution in [2.45, 2.75) is 32.9 Å². The largest absolute Gasteiger partial charge is 0.480 e. The highest BCUT2D eigenvalue weighted by Crippen LogP contribution is 2.18. The maximum absolute atomic E-state index is 12.8. The average molecular weight is 301 g/mol. The van der Waals surface area contributed by atoms with Gasteiger partial charge in [0.25, 0.3) is 5.91 Å². The van der Waals surface area contributed by atoms with Crippen molar-refractivity contribution >= 4 is 5.91 Å². The third-order valence-electron chi connectivity index (χ3n) is 3.41. The lowest BCUT2D eigenvalue weighted by atomic mass is 10.2. The summed E-state index contributed by atoms with van der Waals surface area (Å²) in [6.45, 7) is 4.20. The maximum Gasteiger partial charge on any atom is 0.261 e. The fraction of sp³-hybridized carbons (Fsp3) is 0.278. The number of para-hydroxylation sites is 1. The van der Waals surface area contributed by atoms with Crippen LogP contribution in [0.25, 0.3) is 0 Å². The summed E-state index contributed by atoms with van der Waals surface area (Å²) in [6.07, 6.45) is 0.0328. The van der Waals surface area contributed by atoms with E-state index < -0.39 is 6.10 Å². The fourth-order valence-electron chi connectivity index (χ4n) is 2.07. The van der Waals surface area contributed by atoms with Crippen molar-refractivity contribution in [1.29, 1.82) is 0 Å². The standard InChI is InChI=1S/C18H20FNO2/c1-3-16(22-17-7-5-4-6-13(17)2)18(21)20-12-14-8-10-15(19)11-9-14/h4-11,16H,3,12H2,1-2H3,(H,20,21)/t16-/m1/s1. The molecule has 0 aliphatic carbocycles. The van der Waals surface area contributed by atoms with Crippen LogP contribution in [0.5, 0.6) is 5.75 Å². The second kappa shape index (κ2) is 7.59. The number of hydrogen-bond donors (Lipinski definition) is 1. The summed E-state index contributed by atoms with van der Waals surface area (Å²) >= 11 is 0. The average Bonchev–Trinajstić information content (AvgIpc) is 2.53. The van der Waals surface area contributed by atoms with Gasteiger partial charge in [0, 0.05) is 6.54 Å². The molecule has 0 unspecified atom stereocenters. The molecular weight excluding hydrogens is 281 g/mol. The molecular formula is C18H20FNO2. The Morgan fingerprint density at radius 2 is 1.86 bits per heavy atom. The number of nitrogens with one attached hydrogen (secondary N) is 1. The number of hydrogen-bond acceptors (Lipinski definition) is 2. The summed E-state index contributed by atoms with van der Waals surface area (Å²) < 4.78 is 18.6.